The number of nitrogens with one attached hydrogen (secondary N) is 1. The average Bonchev–Trinajstić information content (AvgIpc) is 2.82. The molecule has 2 aromatic rings. The second kappa shape index (κ2) is 11.3. The SMILES string of the molecule is N#Cc1ccc(C(=O)N(CCCN)Cc2cccc(NC(=O)C3CCCCC3)c2)cc1. The number of nitrogens with zero attached hydrogens (tertiary/aromatic N) is 2. The monoisotopic (exact) mass is 418 g/mol. The van der Waals surface area contributed by atoms with Crippen LogP contribution in [0.5, 0.6) is 0 Å². The normalized spacial score (nSPS) is 13.9. The Bertz CT molecular complexity index is 927. The Morgan fingerprint density at radius 1 is 1.10 bits per heavy atom. The minimum Gasteiger partial charge on any atom is -0.334 e. The van der Waals surface area contributed by atoms with E-state index in [1.807, 2.05) is 24.3 Å². The summed E-state index contributed by atoms with van der Waals surface area (Å²) in [5.41, 5.74) is 8.44. The van der Waals surface area contributed by atoms with Gasteiger partial charge in [0.2, 0.25) is 5.91 Å². The molecule has 0 heterocycles. The van der Waals surface area contributed by atoms with Crippen molar-refractivity contribution >= 4 is 17.5 Å². The van der Waals surface area contributed by atoms with Gasteiger partial charge >= 0.3 is 0 Å². The standard InChI is InChI=1S/C25H30N4O2/c26-14-5-15-29(25(31)22-12-10-19(17-27)11-13-22)18-20-6-4-9-23(16-20)28-24(30)21-7-2-1-3-8-21/h4,6,9-13,16,21H,1-3,5,7-8,14-15,18,26H2,(H,28,30). The molecule has 0 saturated heterocycles. The summed E-state index contributed by atoms with van der Waals surface area (Å²) in [7, 11) is 0. The van der Waals surface area contributed by atoms with Gasteiger partial charge in [-0.05, 0) is 67.8 Å². The number of carbonyl (C=O) groups excluding carboxylic acids is 2. The van der Waals surface area contributed by atoms with Crippen molar-refractivity contribution in [2.45, 2.75) is 45.1 Å². The quantitative estimate of drug-likeness (QED) is 0.675. The summed E-state index contributed by atoms with van der Waals surface area (Å²) >= 11 is 0. The Morgan fingerprint density at radius 3 is 2.52 bits per heavy atom. The summed E-state index contributed by atoms with van der Waals surface area (Å²) < 4.78 is 0. The van der Waals surface area contributed by atoms with Gasteiger partial charge in [0.05, 0.1) is 11.6 Å². The lowest BCUT2D eigenvalue weighted by atomic mass is 9.88. The fraction of sp³-hybridized carbons (Fsp3) is 0.400. The van der Waals surface area contributed by atoms with E-state index in [9.17, 15) is 9.59 Å². The molecule has 31 heavy (non-hydrogen) atoms. The molecule has 1 aliphatic rings. The minimum absolute atomic E-state index is 0.0884. The fourth-order valence-electron chi connectivity index (χ4n) is 3.98. The van der Waals surface area contributed by atoms with E-state index in [0.717, 1.165) is 36.9 Å². The van der Waals surface area contributed by atoms with E-state index < -0.39 is 0 Å². The van der Waals surface area contributed by atoms with Gasteiger partial charge in [-0.2, -0.15) is 5.26 Å². The van der Waals surface area contributed by atoms with Crippen LogP contribution in [-0.4, -0.2) is 29.8 Å². The number of hydrogen-bond donors (Lipinski definition) is 2. The number of benzene rings is 2. The van der Waals surface area contributed by atoms with E-state index in [2.05, 4.69) is 11.4 Å². The van der Waals surface area contributed by atoms with Gasteiger partial charge in [0.25, 0.3) is 5.91 Å². The predicted octanol–water partition coefficient (Wildman–Crippen LogP) is 4.07. The molecule has 2 amide bonds. The highest BCUT2D eigenvalue weighted by atomic mass is 16.2. The number of hydrogen-bond acceptors (Lipinski definition) is 4. The fourth-order valence-corrected chi connectivity index (χ4v) is 3.98. The van der Waals surface area contributed by atoms with Crippen molar-refractivity contribution < 1.29 is 9.59 Å². The van der Waals surface area contributed by atoms with Crippen LogP contribution in [0.2, 0.25) is 0 Å². The summed E-state index contributed by atoms with van der Waals surface area (Å²) in [6.07, 6.45) is 6.05. The zero-order chi connectivity index (χ0) is 22.1. The van der Waals surface area contributed by atoms with Crippen LogP contribution >= 0.6 is 0 Å². The highest BCUT2D eigenvalue weighted by Crippen LogP contribution is 2.25. The molecule has 0 atom stereocenters. The molecule has 2 aromatic carbocycles. The van der Waals surface area contributed by atoms with Gasteiger partial charge in [0.15, 0.2) is 0 Å². The number of rotatable bonds is 8. The van der Waals surface area contributed by atoms with Gasteiger partial charge in [0.1, 0.15) is 0 Å². The van der Waals surface area contributed by atoms with Gasteiger partial charge < -0.3 is 16.0 Å². The number of nitrogens with two attached hydrogens (primary N) is 1. The smallest absolute Gasteiger partial charge is 0.254 e. The van der Waals surface area contributed by atoms with Crippen LogP contribution in [0.15, 0.2) is 48.5 Å². The van der Waals surface area contributed by atoms with Crippen LogP contribution in [0.25, 0.3) is 0 Å². The molecule has 3 rings (SSSR count). The van der Waals surface area contributed by atoms with E-state index in [4.69, 9.17) is 11.0 Å². The summed E-state index contributed by atoms with van der Waals surface area (Å²) in [6.45, 7) is 1.45. The number of nitriles is 1. The van der Waals surface area contributed by atoms with Gasteiger partial charge in [-0.1, -0.05) is 31.4 Å². The van der Waals surface area contributed by atoms with Crippen LogP contribution in [0, 0.1) is 17.2 Å². The molecular weight excluding hydrogens is 388 g/mol. The Morgan fingerprint density at radius 2 is 1.84 bits per heavy atom. The van der Waals surface area contributed by atoms with Crippen molar-refractivity contribution in [2.24, 2.45) is 11.7 Å². The Kier molecular flexibility index (Phi) is 8.19. The first-order chi connectivity index (χ1) is 15.1. The molecule has 1 aliphatic carbocycles. The zero-order valence-electron chi connectivity index (χ0n) is 17.8. The summed E-state index contributed by atoms with van der Waals surface area (Å²) in [5.74, 6) is 0.0801. The lowest BCUT2D eigenvalue weighted by Crippen LogP contribution is -2.32. The third kappa shape index (κ3) is 6.40. The summed E-state index contributed by atoms with van der Waals surface area (Å²) in [5, 5.41) is 12.0. The molecule has 0 unspecified atom stereocenters. The first kappa shape index (κ1) is 22.5. The first-order valence-corrected chi connectivity index (χ1v) is 11.0. The van der Waals surface area contributed by atoms with Crippen LogP contribution in [0.3, 0.4) is 0 Å². The molecular formula is C25H30N4O2. The topological polar surface area (TPSA) is 99.2 Å². The van der Waals surface area contributed by atoms with E-state index in [1.165, 1.54) is 6.42 Å². The van der Waals surface area contributed by atoms with Crippen molar-refractivity contribution in [2.75, 3.05) is 18.4 Å². The number of carbonyl (C=O) groups is 2. The third-order valence-electron chi connectivity index (χ3n) is 5.72. The van der Waals surface area contributed by atoms with Crippen LogP contribution in [0.4, 0.5) is 5.69 Å². The minimum atomic E-state index is -0.102. The van der Waals surface area contributed by atoms with Crippen LogP contribution in [0.1, 0.15) is 60.0 Å². The van der Waals surface area contributed by atoms with Crippen molar-refractivity contribution in [3.8, 4) is 6.07 Å². The molecule has 3 N–H and O–H groups in total. The molecule has 6 nitrogen and oxygen atoms in total. The van der Waals surface area contributed by atoms with Crippen molar-refractivity contribution in [3.63, 3.8) is 0 Å². The second-order valence-corrected chi connectivity index (χ2v) is 8.08. The molecule has 0 aliphatic heterocycles. The van der Waals surface area contributed by atoms with Crippen molar-refractivity contribution in [1.82, 2.24) is 4.90 Å². The summed E-state index contributed by atoms with van der Waals surface area (Å²) in [6, 6.07) is 16.4. The lowest BCUT2D eigenvalue weighted by Gasteiger charge is -2.24. The maximum absolute atomic E-state index is 13.1. The highest BCUT2D eigenvalue weighted by Gasteiger charge is 2.21. The second-order valence-electron chi connectivity index (χ2n) is 8.08. The molecule has 0 radical (unpaired) electrons. The zero-order valence-corrected chi connectivity index (χ0v) is 17.8. The van der Waals surface area contributed by atoms with Gasteiger partial charge in [0, 0.05) is 30.3 Å². The first-order valence-electron chi connectivity index (χ1n) is 11.0. The molecule has 0 aromatic heterocycles. The number of amides is 2. The van der Waals surface area contributed by atoms with E-state index in [1.54, 1.807) is 29.2 Å². The maximum atomic E-state index is 13.1. The maximum Gasteiger partial charge on any atom is 0.254 e. The Balaban J connectivity index is 1.70. The predicted molar refractivity (Wildman–Crippen MR) is 121 cm³/mol. The Labute approximate surface area is 184 Å². The largest absolute Gasteiger partial charge is 0.334 e. The van der Waals surface area contributed by atoms with Crippen LogP contribution < -0.4 is 11.1 Å². The lowest BCUT2D eigenvalue weighted by molar-refractivity contribution is -0.120. The third-order valence-corrected chi connectivity index (χ3v) is 5.72. The van der Waals surface area contributed by atoms with E-state index in [-0.39, 0.29) is 17.7 Å². The summed E-state index contributed by atoms with van der Waals surface area (Å²) in [4.78, 5) is 27.4. The average molecular weight is 419 g/mol. The van der Waals surface area contributed by atoms with Gasteiger partial charge in [-0.3, -0.25) is 9.59 Å². The van der Waals surface area contributed by atoms with Crippen molar-refractivity contribution in [1.29, 1.82) is 5.26 Å². The molecule has 1 fully saturated rings. The number of anilines is 1. The Hall–Kier alpha value is -3.17. The van der Waals surface area contributed by atoms with Crippen LogP contribution in [-0.2, 0) is 11.3 Å². The molecule has 0 spiro atoms. The van der Waals surface area contributed by atoms with Crippen molar-refractivity contribution in [3.05, 3.63) is 65.2 Å². The molecule has 0 bridgehead atoms. The van der Waals surface area contributed by atoms with E-state index in [0.29, 0.717) is 37.2 Å². The van der Waals surface area contributed by atoms with Gasteiger partial charge in [-0.25, -0.2) is 0 Å². The molecule has 1 saturated carbocycles. The van der Waals surface area contributed by atoms with Gasteiger partial charge in [-0.15, -0.1) is 0 Å². The molecule has 6 heteroatoms. The molecule has 162 valence electrons. The van der Waals surface area contributed by atoms with E-state index >= 15 is 0 Å². The highest BCUT2D eigenvalue weighted by molar-refractivity contribution is 5.94.